The van der Waals surface area contributed by atoms with Gasteiger partial charge in [-0.3, -0.25) is 0 Å². The summed E-state index contributed by atoms with van der Waals surface area (Å²) in [6, 6.07) is 6.66. The summed E-state index contributed by atoms with van der Waals surface area (Å²) in [5.41, 5.74) is 4.44. The van der Waals surface area contributed by atoms with E-state index >= 15 is 0 Å². The molecule has 0 aromatic heterocycles. The van der Waals surface area contributed by atoms with E-state index in [4.69, 9.17) is 4.74 Å². The highest BCUT2D eigenvalue weighted by molar-refractivity contribution is 5.65. The number of hydrogen-bond acceptors (Lipinski definition) is 3. The predicted molar refractivity (Wildman–Crippen MR) is 127 cm³/mol. The van der Waals surface area contributed by atoms with Crippen LogP contribution < -0.4 is 10.1 Å². The Hall–Kier alpha value is -1.32. The first-order valence-corrected chi connectivity index (χ1v) is 12.5. The highest BCUT2D eigenvalue weighted by atomic mass is 16.5. The fourth-order valence-corrected chi connectivity index (χ4v) is 5.86. The minimum absolute atomic E-state index is 0.413. The van der Waals surface area contributed by atoms with Gasteiger partial charge in [0.05, 0.1) is 6.10 Å². The molecule has 2 heterocycles. The zero-order chi connectivity index (χ0) is 21.0. The van der Waals surface area contributed by atoms with Gasteiger partial charge in [0, 0.05) is 6.54 Å². The molecule has 3 heteroatoms. The van der Waals surface area contributed by atoms with Gasteiger partial charge in [-0.15, -0.1) is 0 Å². The second kappa shape index (κ2) is 9.87. The van der Waals surface area contributed by atoms with E-state index < -0.39 is 0 Å². The Bertz CT molecular complexity index is 706. The number of ether oxygens (including phenoxy) is 1. The molecule has 2 saturated heterocycles. The van der Waals surface area contributed by atoms with Crippen molar-refractivity contribution in [2.75, 3.05) is 32.7 Å². The average molecular weight is 411 g/mol. The molecule has 2 aliphatic heterocycles. The van der Waals surface area contributed by atoms with Gasteiger partial charge in [0.15, 0.2) is 0 Å². The Morgan fingerprint density at radius 2 is 1.93 bits per heavy atom. The SMILES string of the molecule is C=C(C)c1ccc(OC2CC3(CCN(CC4CCNCC4)CC3)C2)cc1CCCC. The number of nitrogens with one attached hydrogen (secondary N) is 1. The Morgan fingerprint density at radius 3 is 2.60 bits per heavy atom. The van der Waals surface area contributed by atoms with E-state index in [1.54, 1.807) is 0 Å². The number of benzene rings is 1. The molecular formula is C27H42N2O. The molecule has 1 N–H and O–H groups in total. The average Bonchev–Trinajstić information content (AvgIpc) is 2.73. The molecular weight excluding hydrogens is 368 g/mol. The van der Waals surface area contributed by atoms with Crippen LogP contribution in [0.3, 0.4) is 0 Å². The number of likely N-dealkylation sites (tertiary alicyclic amines) is 1. The molecule has 1 aliphatic carbocycles. The number of unbranched alkanes of at least 4 members (excludes halogenated alkanes) is 1. The van der Waals surface area contributed by atoms with Crippen LogP contribution in [0.2, 0.25) is 0 Å². The van der Waals surface area contributed by atoms with Crippen LogP contribution in [0.4, 0.5) is 0 Å². The molecule has 3 aliphatic rings. The van der Waals surface area contributed by atoms with Crippen LogP contribution in [0.15, 0.2) is 24.8 Å². The first kappa shape index (κ1) is 21.9. The summed E-state index contributed by atoms with van der Waals surface area (Å²) in [7, 11) is 0. The summed E-state index contributed by atoms with van der Waals surface area (Å²) in [4.78, 5) is 2.74. The predicted octanol–water partition coefficient (Wildman–Crippen LogP) is 5.69. The van der Waals surface area contributed by atoms with E-state index in [0.717, 1.165) is 23.7 Å². The Labute approximate surface area is 184 Å². The molecule has 0 unspecified atom stereocenters. The minimum atomic E-state index is 0.413. The van der Waals surface area contributed by atoms with E-state index in [1.165, 1.54) is 95.2 Å². The molecule has 1 aromatic rings. The van der Waals surface area contributed by atoms with Gasteiger partial charge in [-0.25, -0.2) is 0 Å². The Kier molecular flexibility index (Phi) is 7.20. The van der Waals surface area contributed by atoms with Crippen LogP contribution in [0.5, 0.6) is 5.75 Å². The standard InChI is InChI=1S/C27H42N2O/c1-4-5-6-23-17-24(7-8-26(23)21(2)3)30-25-18-27(19-25)11-15-29(16-12-27)20-22-9-13-28-14-10-22/h7-8,17,22,25,28H,2,4-6,9-16,18-20H2,1,3H3. The van der Waals surface area contributed by atoms with E-state index in [1.807, 2.05) is 0 Å². The molecule has 0 radical (unpaired) electrons. The van der Waals surface area contributed by atoms with Gasteiger partial charge in [0.25, 0.3) is 0 Å². The van der Waals surface area contributed by atoms with Crippen molar-refractivity contribution >= 4 is 5.57 Å². The van der Waals surface area contributed by atoms with Crippen molar-refractivity contribution in [3.63, 3.8) is 0 Å². The molecule has 0 amide bonds. The third kappa shape index (κ3) is 5.29. The summed E-state index contributed by atoms with van der Waals surface area (Å²) in [5, 5.41) is 3.49. The lowest BCUT2D eigenvalue weighted by Gasteiger charge is -2.52. The first-order valence-electron chi connectivity index (χ1n) is 12.5. The molecule has 0 atom stereocenters. The van der Waals surface area contributed by atoms with Crippen LogP contribution >= 0.6 is 0 Å². The summed E-state index contributed by atoms with van der Waals surface area (Å²) in [6.45, 7) is 14.9. The second-order valence-corrected chi connectivity index (χ2v) is 10.3. The number of piperidine rings is 2. The lowest BCUT2D eigenvalue weighted by molar-refractivity contribution is -0.0574. The van der Waals surface area contributed by atoms with E-state index in [9.17, 15) is 0 Å². The highest BCUT2D eigenvalue weighted by Gasteiger charge is 2.47. The lowest BCUT2D eigenvalue weighted by atomic mass is 9.61. The maximum atomic E-state index is 6.43. The van der Waals surface area contributed by atoms with Gasteiger partial charge in [0.1, 0.15) is 5.75 Å². The van der Waals surface area contributed by atoms with Gasteiger partial charge in [-0.1, -0.05) is 31.6 Å². The first-order chi connectivity index (χ1) is 14.6. The van der Waals surface area contributed by atoms with E-state index in [-0.39, 0.29) is 0 Å². The number of allylic oxidation sites excluding steroid dienone is 1. The van der Waals surface area contributed by atoms with Crippen LogP contribution in [-0.2, 0) is 6.42 Å². The molecule has 1 spiro atoms. The zero-order valence-electron chi connectivity index (χ0n) is 19.3. The van der Waals surface area contributed by atoms with Gasteiger partial charge in [-0.2, -0.15) is 0 Å². The van der Waals surface area contributed by atoms with Crippen molar-refractivity contribution in [3.05, 3.63) is 35.9 Å². The van der Waals surface area contributed by atoms with Crippen LogP contribution in [0.1, 0.15) is 76.3 Å². The number of nitrogens with zero attached hydrogens (tertiary/aromatic N) is 1. The van der Waals surface area contributed by atoms with Crippen LogP contribution in [0, 0.1) is 11.3 Å². The fraction of sp³-hybridized carbons (Fsp3) is 0.704. The van der Waals surface area contributed by atoms with Crippen molar-refractivity contribution in [2.45, 2.75) is 77.7 Å². The third-order valence-electron chi connectivity index (χ3n) is 7.85. The fourth-order valence-electron chi connectivity index (χ4n) is 5.86. The van der Waals surface area contributed by atoms with Gasteiger partial charge in [-0.05, 0) is 119 Å². The van der Waals surface area contributed by atoms with Crippen LogP contribution in [0.25, 0.3) is 5.57 Å². The van der Waals surface area contributed by atoms with Crippen molar-refractivity contribution in [1.29, 1.82) is 0 Å². The monoisotopic (exact) mass is 410 g/mol. The Balaban J connectivity index is 1.25. The topological polar surface area (TPSA) is 24.5 Å². The van der Waals surface area contributed by atoms with E-state index in [0.29, 0.717) is 11.5 Å². The van der Waals surface area contributed by atoms with Crippen molar-refractivity contribution in [2.24, 2.45) is 11.3 Å². The van der Waals surface area contributed by atoms with Gasteiger partial charge >= 0.3 is 0 Å². The highest BCUT2D eigenvalue weighted by Crippen LogP contribution is 2.50. The van der Waals surface area contributed by atoms with Crippen molar-refractivity contribution < 1.29 is 4.74 Å². The minimum Gasteiger partial charge on any atom is -0.490 e. The maximum Gasteiger partial charge on any atom is 0.120 e. The zero-order valence-corrected chi connectivity index (χ0v) is 19.3. The molecule has 166 valence electrons. The smallest absolute Gasteiger partial charge is 0.120 e. The molecule has 4 rings (SSSR count). The molecule has 1 saturated carbocycles. The summed E-state index contributed by atoms with van der Waals surface area (Å²) < 4.78 is 6.43. The quantitative estimate of drug-likeness (QED) is 0.596. The normalized spacial score (nSPS) is 22.7. The Morgan fingerprint density at radius 1 is 1.20 bits per heavy atom. The summed E-state index contributed by atoms with van der Waals surface area (Å²) in [6.07, 6.45) is 12.0. The van der Waals surface area contributed by atoms with Crippen molar-refractivity contribution in [3.8, 4) is 5.75 Å². The lowest BCUT2D eigenvalue weighted by Crippen LogP contribution is -2.51. The molecule has 30 heavy (non-hydrogen) atoms. The second-order valence-electron chi connectivity index (χ2n) is 10.3. The van der Waals surface area contributed by atoms with Gasteiger partial charge in [0.2, 0.25) is 0 Å². The number of aryl methyl sites for hydroxylation is 1. The van der Waals surface area contributed by atoms with Crippen LogP contribution in [-0.4, -0.2) is 43.7 Å². The van der Waals surface area contributed by atoms with Gasteiger partial charge < -0.3 is 15.0 Å². The molecule has 1 aromatic carbocycles. The summed E-state index contributed by atoms with van der Waals surface area (Å²) in [5.74, 6) is 1.98. The summed E-state index contributed by atoms with van der Waals surface area (Å²) >= 11 is 0. The molecule has 0 bridgehead atoms. The molecule has 3 fully saturated rings. The third-order valence-corrected chi connectivity index (χ3v) is 7.85. The van der Waals surface area contributed by atoms with E-state index in [2.05, 4.69) is 48.8 Å². The largest absolute Gasteiger partial charge is 0.490 e. The molecule has 3 nitrogen and oxygen atoms in total. The van der Waals surface area contributed by atoms with Crippen molar-refractivity contribution in [1.82, 2.24) is 10.2 Å². The maximum absolute atomic E-state index is 6.43. The number of hydrogen-bond donors (Lipinski definition) is 1. The number of rotatable bonds is 8.